The Morgan fingerprint density at radius 2 is 1.94 bits per heavy atom. The van der Waals surface area contributed by atoms with Crippen LogP contribution in [0.15, 0.2) is 0 Å². The second-order valence-corrected chi connectivity index (χ2v) is 6.64. The highest BCUT2D eigenvalue weighted by Crippen LogP contribution is 2.43. The van der Waals surface area contributed by atoms with Gasteiger partial charge < -0.3 is 10.1 Å². The maximum absolute atomic E-state index is 6.31. The molecule has 0 bridgehead atoms. The lowest BCUT2D eigenvalue weighted by Gasteiger charge is -2.24. The molecule has 0 aromatic rings. The molecule has 2 atom stereocenters. The summed E-state index contributed by atoms with van der Waals surface area (Å²) >= 11 is 0. The standard InChI is InChI=1S/C15H27NO/c1-12(13-4-5-13)10-16-11-14-6-9-15(17-14)7-2-3-8-15/h12-14,16H,2-11H2,1H3. The highest BCUT2D eigenvalue weighted by Gasteiger charge is 2.41. The quantitative estimate of drug-likeness (QED) is 0.793. The number of rotatable bonds is 5. The second-order valence-electron chi connectivity index (χ2n) is 6.64. The van der Waals surface area contributed by atoms with Gasteiger partial charge in [0.05, 0.1) is 11.7 Å². The first kappa shape index (κ1) is 12.0. The van der Waals surface area contributed by atoms with Crippen molar-refractivity contribution in [2.24, 2.45) is 11.8 Å². The molecule has 3 fully saturated rings. The monoisotopic (exact) mass is 237 g/mol. The third-order valence-corrected chi connectivity index (χ3v) is 5.12. The van der Waals surface area contributed by atoms with Gasteiger partial charge in [-0.1, -0.05) is 19.8 Å². The average molecular weight is 237 g/mol. The Morgan fingerprint density at radius 3 is 2.65 bits per heavy atom. The van der Waals surface area contributed by atoms with E-state index in [1.807, 2.05) is 0 Å². The molecule has 2 nitrogen and oxygen atoms in total. The summed E-state index contributed by atoms with van der Waals surface area (Å²) in [4.78, 5) is 0. The van der Waals surface area contributed by atoms with E-state index in [1.165, 1.54) is 57.9 Å². The topological polar surface area (TPSA) is 21.3 Å². The van der Waals surface area contributed by atoms with Crippen LogP contribution < -0.4 is 5.32 Å². The largest absolute Gasteiger partial charge is 0.370 e. The van der Waals surface area contributed by atoms with Gasteiger partial charge in [0, 0.05) is 6.54 Å². The van der Waals surface area contributed by atoms with Crippen LogP contribution in [0, 0.1) is 11.8 Å². The molecule has 1 heterocycles. The zero-order chi connectivity index (χ0) is 11.7. The Hall–Kier alpha value is -0.0800. The van der Waals surface area contributed by atoms with E-state index >= 15 is 0 Å². The number of nitrogens with one attached hydrogen (secondary N) is 1. The van der Waals surface area contributed by atoms with Crippen LogP contribution >= 0.6 is 0 Å². The van der Waals surface area contributed by atoms with E-state index in [1.54, 1.807) is 0 Å². The van der Waals surface area contributed by atoms with Gasteiger partial charge in [-0.3, -0.25) is 0 Å². The van der Waals surface area contributed by atoms with Gasteiger partial charge in [0.25, 0.3) is 0 Å². The maximum atomic E-state index is 6.31. The Kier molecular flexibility index (Phi) is 3.45. The summed E-state index contributed by atoms with van der Waals surface area (Å²) in [6.45, 7) is 4.66. The van der Waals surface area contributed by atoms with Gasteiger partial charge in [-0.15, -0.1) is 0 Å². The van der Waals surface area contributed by atoms with E-state index in [0.29, 0.717) is 11.7 Å². The van der Waals surface area contributed by atoms with Crippen molar-refractivity contribution in [3.8, 4) is 0 Å². The van der Waals surface area contributed by atoms with E-state index in [0.717, 1.165) is 18.4 Å². The summed E-state index contributed by atoms with van der Waals surface area (Å²) in [5.41, 5.74) is 0.314. The molecule has 2 saturated carbocycles. The van der Waals surface area contributed by atoms with E-state index < -0.39 is 0 Å². The third kappa shape index (κ3) is 2.85. The van der Waals surface area contributed by atoms with Crippen molar-refractivity contribution in [3.05, 3.63) is 0 Å². The van der Waals surface area contributed by atoms with Crippen molar-refractivity contribution in [1.82, 2.24) is 5.32 Å². The first-order valence-electron chi connectivity index (χ1n) is 7.66. The summed E-state index contributed by atoms with van der Waals surface area (Å²) in [6, 6.07) is 0. The summed E-state index contributed by atoms with van der Waals surface area (Å²) < 4.78 is 6.31. The first-order valence-corrected chi connectivity index (χ1v) is 7.66. The fourth-order valence-corrected chi connectivity index (χ4v) is 3.73. The molecule has 2 aliphatic carbocycles. The van der Waals surface area contributed by atoms with Crippen molar-refractivity contribution in [3.63, 3.8) is 0 Å². The SMILES string of the molecule is CC(CNCC1CCC2(CCCC2)O1)C1CC1. The van der Waals surface area contributed by atoms with Crippen LogP contribution in [0.2, 0.25) is 0 Å². The highest BCUT2D eigenvalue weighted by molar-refractivity contribution is 4.93. The van der Waals surface area contributed by atoms with Crippen molar-refractivity contribution in [2.75, 3.05) is 13.1 Å². The van der Waals surface area contributed by atoms with Gasteiger partial charge in [0.15, 0.2) is 0 Å². The predicted octanol–water partition coefficient (Wildman–Crippen LogP) is 3.11. The van der Waals surface area contributed by atoms with Gasteiger partial charge in [-0.25, -0.2) is 0 Å². The van der Waals surface area contributed by atoms with Gasteiger partial charge in [-0.05, 0) is 56.9 Å². The van der Waals surface area contributed by atoms with E-state index in [2.05, 4.69) is 12.2 Å². The molecule has 2 unspecified atom stereocenters. The van der Waals surface area contributed by atoms with Crippen LogP contribution in [0.3, 0.4) is 0 Å². The van der Waals surface area contributed by atoms with Gasteiger partial charge in [-0.2, -0.15) is 0 Å². The molecule has 1 spiro atoms. The van der Waals surface area contributed by atoms with Crippen molar-refractivity contribution in [1.29, 1.82) is 0 Å². The molecule has 1 saturated heterocycles. The number of hydrogen-bond donors (Lipinski definition) is 1. The molecule has 0 radical (unpaired) electrons. The molecule has 3 rings (SSSR count). The lowest BCUT2D eigenvalue weighted by atomic mass is 9.98. The van der Waals surface area contributed by atoms with E-state index in [-0.39, 0.29) is 0 Å². The fourth-order valence-electron chi connectivity index (χ4n) is 3.73. The smallest absolute Gasteiger partial charge is 0.0708 e. The minimum atomic E-state index is 0.314. The van der Waals surface area contributed by atoms with Crippen LogP contribution in [0.4, 0.5) is 0 Å². The highest BCUT2D eigenvalue weighted by atomic mass is 16.5. The summed E-state index contributed by atoms with van der Waals surface area (Å²) in [5.74, 6) is 1.89. The van der Waals surface area contributed by atoms with Crippen LogP contribution in [-0.4, -0.2) is 24.8 Å². The minimum Gasteiger partial charge on any atom is -0.370 e. The molecule has 17 heavy (non-hydrogen) atoms. The van der Waals surface area contributed by atoms with E-state index in [4.69, 9.17) is 4.74 Å². The molecule has 98 valence electrons. The number of hydrogen-bond acceptors (Lipinski definition) is 2. The third-order valence-electron chi connectivity index (χ3n) is 5.12. The number of ether oxygens (including phenoxy) is 1. The van der Waals surface area contributed by atoms with Crippen molar-refractivity contribution < 1.29 is 4.74 Å². The van der Waals surface area contributed by atoms with Crippen LogP contribution in [0.25, 0.3) is 0 Å². The average Bonchev–Trinajstić information content (AvgIpc) is 2.98. The lowest BCUT2D eigenvalue weighted by molar-refractivity contribution is -0.0352. The normalized spacial score (nSPS) is 33.4. The molecular formula is C15H27NO. The predicted molar refractivity (Wildman–Crippen MR) is 70.1 cm³/mol. The van der Waals surface area contributed by atoms with Crippen LogP contribution in [-0.2, 0) is 4.74 Å². The van der Waals surface area contributed by atoms with Gasteiger partial charge in [0.2, 0.25) is 0 Å². The minimum absolute atomic E-state index is 0.314. The van der Waals surface area contributed by atoms with Gasteiger partial charge in [0.1, 0.15) is 0 Å². The van der Waals surface area contributed by atoms with Gasteiger partial charge >= 0.3 is 0 Å². The van der Waals surface area contributed by atoms with Crippen molar-refractivity contribution >= 4 is 0 Å². The molecular weight excluding hydrogens is 210 g/mol. The Bertz CT molecular complexity index is 256. The summed E-state index contributed by atoms with van der Waals surface area (Å²) in [7, 11) is 0. The van der Waals surface area contributed by atoms with Crippen molar-refractivity contribution in [2.45, 2.75) is 70.0 Å². The Morgan fingerprint density at radius 1 is 1.18 bits per heavy atom. The maximum Gasteiger partial charge on any atom is 0.0708 e. The molecule has 1 N–H and O–H groups in total. The Labute approximate surface area is 105 Å². The molecule has 0 aromatic heterocycles. The first-order chi connectivity index (χ1) is 8.27. The van der Waals surface area contributed by atoms with Crippen LogP contribution in [0.1, 0.15) is 58.3 Å². The summed E-state index contributed by atoms with van der Waals surface area (Å²) in [6.07, 6.45) is 11.4. The summed E-state index contributed by atoms with van der Waals surface area (Å²) in [5, 5.41) is 3.63. The molecule has 0 amide bonds. The van der Waals surface area contributed by atoms with E-state index in [9.17, 15) is 0 Å². The molecule has 0 aromatic carbocycles. The second kappa shape index (κ2) is 4.89. The molecule has 2 heteroatoms. The molecule has 3 aliphatic rings. The fraction of sp³-hybridized carbons (Fsp3) is 1.00. The van der Waals surface area contributed by atoms with Crippen LogP contribution in [0.5, 0.6) is 0 Å². The zero-order valence-electron chi connectivity index (χ0n) is 11.2. The lowest BCUT2D eigenvalue weighted by Crippen LogP contribution is -2.33. The Balaban J connectivity index is 1.35. The zero-order valence-corrected chi connectivity index (χ0v) is 11.2. The molecule has 1 aliphatic heterocycles.